The maximum atomic E-state index is 14.6. The second kappa shape index (κ2) is 7.65. The third kappa shape index (κ3) is 3.35. The van der Waals surface area contributed by atoms with Crippen LogP contribution in [0.3, 0.4) is 0 Å². The van der Waals surface area contributed by atoms with Crippen molar-refractivity contribution in [2.45, 2.75) is 12.0 Å². The van der Waals surface area contributed by atoms with Gasteiger partial charge in [0.05, 0.1) is 35.4 Å². The number of aromatic nitrogens is 5. The van der Waals surface area contributed by atoms with Gasteiger partial charge in [-0.25, -0.2) is 23.7 Å². The second-order valence-corrected chi connectivity index (χ2v) is 7.61. The van der Waals surface area contributed by atoms with Gasteiger partial charge in [-0.05, 0) is 29.8 Å². The first-order chi connectivity index (χ1) is 15.8. The summed E-state index contributed by atoms with van der Waals surface area (Å²) >= 11 is 0. The van der Waals surface area contributed by atoms with Crippen molar-refractivity contribution >= 4 is 22.6 Å². The van der Waals surface area contributed by atoms with Gasteiger partial charge in [-0.3, -0.25) is 9.48 Å². The molecule has 0 radical (unpaired) electrons. The van der Waals surface area contributed by atoms with Gasteiger partial charge in [-0.2, -0.15) is 10.2 Å². The number of benzene rings is 2. The van der Waals surface area contributed by atoms with E-state index in [-0.39, 0.29) is 17.7 Å². The SMILES string of the molecule is Cn1ncnc1[C@H]1c2n[nH]c(=O)c3cc(F)cc(c23)N(CNC(=O)O)[C@@H]1c1ccc(F)cc1. The fourth-order valence-electron chi connectivity index (χ4n) is 4.42. The predicted molar refractivity (Wildman–Crippen MR) is 113 cm³/mol. The monoisotopic (exact) mass is 453 g/mol. The van der Waals surface area contributed by atoms with E-state index in [0.29, 0.717) is 22.5 Å². The first-order valence-corrected chi connectivity index (χ1v) is 9.89. The summed E-state index contributed by atoms with van der Waals surface area (Å²) in [6.45, 7) is -0.240. The minimum absolute atomic E-state index is 0.0695. The standard InChI is InChI=1S/C21H17F2N7O3/c1-29-19(24-8-26-29)16-17-15-13(20(31)28-27-17)6-12(23)7-14(15)30(9-25-21(32)33)18(16)10-2-4-11(22)5-3-10/h2-8,16,18,25H,9H2,1H3,(H,28,31)(H,32,33)/t16-,18+/m0/s1. The van der Waals surface area contributed by atoms with Crippen LogP contribution in [0.5, 0.6) is 0 Å². The molecule has 2 aromatic heterocycles. The van der Waals surface area contributed by atoms with Crippen LogP contribution >= 0.6 is 0 Å². The molecule has 5 rings (SSSR count). The van der Waals surface area contributed by atoms with E-state index in [4.69, 9.17) is 0 Å². The molecule has 4 aromatic rings. The van der Waals surface area contributed by atoms with E-state index in [2.05, 4.69) is 25.6 Å². The summed E-state index contributed by atoms with van der Waals surface area (Å²) in [5.74, 6) is -1.30. The zero-order valence-electron chi connectivity index (χ0n) is 17.2. The third-order valence-electron chi connectivity index (χ3n) is 5.75. The molecule has 0 bridgehead atoms. The summed E-state index contributed by atoms with van der Waals surface area (Å²) in [5, 5.41) is 22.9. The van der Waals surface area contributed by atoms with Gasteiger partial charge in [0.2, 0.25) is 0 Å². The molecule has 2 aromatic carbocycles. The highest BCUT2D eigenvalue weighted by Crippen LogP contribution is 2.49. The van der Waals surface area contributed by atoms with Crippen LogP contribution in [0.2, 0.25) is 0 Å². The van der Waals surface area contributed by atoms with Crippen molar-refractivity contribution in [1.29, 1.82) is 0 Å². The van der Waals surface area contributed by atoms with E-state index in [1.807, 2.05) is 0 Å². The van der Waals surface area contributed by atoms with Crippen LogP contribution in [0.15, 0.2) is 47.5 Å². The molecule has 0 saturated carbocycles. The van der Waals surface area contributed by atoms with Crippen LogP contribution in [0.1, 0.15) is 29.0 Å². The van der Waals surface area contributed by atoms with Crippen LogP contribution in [-0.4, -0.2) is 42.8 Å². The molecule has 0 unspecified atom stereocenters. The lowest BCUT2D eigenvalue weighted by molar-refractivity contribution is 0.194. The normalized spacial score (nSPS) is 17.4. The highest BCUT2D eigenvalue weighted by molar-refractivity contribution is 5.98. The Morgan fingerprint density at radius 1 is 1.21 bits per heavy atom. The summed E-state index contributed by atoms with van der Waals surface area (Å²) in [5.41, 5.74) is 0.710. The lowest BCUT2D eigenvalue weighted by atomic mass is 9.82. The summed E-state index contributed by atoms with van der Waals surface area (Å²) in [4.78, 5) is 29.8. The summed E-state index contributed by atoms with van der Waals surface area (Å²) in [6, 6.07) is 7.33. The second-order valence-electron chi connectivity index (χ2n) is 7.61. The van der Waals surface area contributed by atoms with Crippen molar-refractivity contribution in [2.24, 2.45) is 7.05 Å². The molecule has 0 fully saturated rings. The highest BCUT2D eigenvalue weighted by Gasteiger charge is 2.42. The molecule has 3 N–H and O–H groups in total. The van der Waals surface area contributed by atoms with Gasteiger partial charge in [0, 0.05) is 12.4 Å². The lowest BCUT2D eigenvalue weighted by Crippen LogP contribution is -2.45. The van der Waals surface area contributed by atoms with E-state index < -0.39 is 35.2 Å². The number of hydrogen-bond acceptors (Lipinski definition) is 6. The number of nitrogens with one attached hydrogen (secondary N) is 2. The van der Waals surface area contributed by atoms with Gasteiger partial charge < -0.3 is 15.3 Å². The number of nitrogens with zero attached hydrogens (tertiary/aromatic N) is 5. The van der Waals surface area contributed by atoms with Crippen LogP contribution < -0.4 is 15.8 Å². The topological polar surface area (TPSA) is 129 Å². The summed E-state index contributed by atoms with van der Waals surface area (Å²) in [7, 11) is 1.69. The van der Waals surface area contributed by atoms with Gasteiger partial charge >= 0.3 is 6.09 Å². The van der Waals surface area contributed by atoms with Crippen molar-refractivity contribution in [2.75, 3.05) is 11.6 Å². The quantitative estimate of drug-likeness (QED) is 0.432. The van der Waals surface area contributed by atoms with E-state index >= 15 is 0 Å². The van der Waals surface area contributed by atoms with Crippen molar-refractivity contribution < 1.29 is 18.7 Å². The van der Waals surface area contributed by atoms with Gasteiger partial charge in [0.1, 0.15) is 23.8 Å². The Morgan fingerprint density at radius 3 is 2.64 bits per heavy atom. The average molecular weight is 453 g/mol. The number of amides is 1. The largest absolute Gasteiger partial charge is 0.465 e. The van der Waals surface area contributed by atoms with E-state index in [9.17, 15) is 23.5 Å². The van der Waals surface area contributed by atoms with Crippen LogP contribution in [-0.2, 0) is 7.05 Å². The van der Waals surface area contributed by atoms with Crippen molar-refractivity contribution in [3.8, 4) is 0 Å². The number of carbonyl (C=O) groups is 1. The van der Waals surface area contributed by atoms with Gasteiger partial charge in [0.15, 0.2) is 0 Å². The molecule has 168 valence electrons. The first kappa shape index (κ1) is 20.5. The Bertz CT molecular complexity index is 1430. The number of hydrogen-bond donors (Lipinski definition) is 3. The maximum Gasteiger partial charge on any atom is 0.406 e. The van der Waals surface area contributed by atoms with Crippen LogP contribution in [0.25, 0.3) is 10.8 Å². The number of H-pyrrole nitrogens is 1. The number of anilines is 1. The smallest absolute Gasteiger partial charge is 0.406 e. The Balaban J connectivity index is 1.86. The first-order valence-electron chi connectivity index (χ1n) is 9.89. The molecule has 1 amide bonds. The van der Waals surface area contributed by atoms with Crippen molar-refractivity contribution in [1.82, 2.24) is 30.3 Å². The van der Waals surface area contributed by atoms with Crippen LogP contribution in [0, 0.1) is 11.6 Å². The van der Waals surface area contributed by atoms with Gasteiger partial charge in [0.25, 0.3) is 5.56 Å². The number of halogens is 2. The Morgan fingerprint density at radius 2 is 1.97 bits per heavy atom. The third-order valence-corrected chi connectivity index (χ3v) is 5.75. The molecular formula is C21H17F2N7O3. The molecule has 10 nitrogen and oxygen atoms in total. The number of carboxylic acid groups (broad SMARTS) is 1. The van der Waals surface area contributed by atoms with E-state index in [0.717, 1.165) is 6.07 Å². The predicted octanol–water partition coefficient (Wildman–Crippen LogP) is 2.25. The van der Waals surface area contributed by atoms with E-state index in [1.54, 1.807) is 24.1 Å². The van der Waals surface area contributed by atoms with Gasteiger partial charge in [-0.1, -0.05) is 12.1 Å². The molecule has 1 aliphatic heterocycles. The molecule has 12 heteroatoms. The molecule has 3 heterocycles. The zero-order chi connectivity index (χ0) is 23.3. The molecule has 0 aliphatic carbocycles. The molecule has 0 saturated heterocycles. The maximum absolute atomic E-state index is 14.6. The van der Waals surface area contributed by atoms with E-state index in [1.165, 1.54) is 29.2 Å². The fraction of sp³-hybridized carbons (Fsp3) is 0.190. The molecule has 0 spiro atoms. The van der Waals surface area contributed by atoms with Crippen LogP contribution in [0.4, 0.5) is 19.3 Å². The number of aromatic amines is 1. The molecular weight excluding hydrogens is 436 g/mol. The van der Waals surface area contributed by atoms with Crippen molar-refractivity contribution in [3.05, 3.63) is 81.8 Å². The minimum Gasteiger partial charge on any atom is -0.465 e. The average Bonchev–Trinajstić information content (AvgIpc) is 3.20. The summed E-state index contributed by atoms with van der Waals surface area (Å²) < 4.78 is 29.9. The molecule has 1 aliphatic rings. The zero-order valence-corrected chi connectivity index (χ0v) is 17.2. The molecule has 2 atom stereocenters. The van der Waals surface area contributed by atoms with Crippen molar-refractivity contribution in [3.63, 3.8) is 0 Å². The van der Waals surface area contributed by atoms with Gasteiger partial charge in [-0.15, -0.1) is 0 Å². The molecule has 33 heavy (non-hydrogen) atoms. The minimum atomic E-state index is -1.29. The Hall–Kier alpha value is -4.35. The fourth-order valence-corrected chi connectivity index (χ4v) is 4.42. The lowest BCUT2D eigenvalue weighted by Gasteiger charge is -2.42. The summed E-state index contributed by atoms with van der Waals surface area (Å²) in [6.07, 6.45) is 0.0745. The highest BCUT2D eigenvalue weighted by atomic mass is 19.1. The Labute approximate surface area is 184 Å². The Kier molecular flexibility index (Phi) is 4.77. The number of rotatable bonds is 4. The number of aryl methyl sites for hydroxylation is 1.